The molecule has 1 aromatic heterocycles. The summed E-state index contributed by atoms with van der Waals surface area (Å²) in [7, 11) is -3.67. The molecule has 2 aromatic carbocycles. The maximum atomic E-state index is 13.9. The van der Waals surface area contributed by atoms with Gasteiger partial charge in [0.2, 0.25) is 21.9 Å². The highest BCUT2D eigenvalue weighted by atomic mass is 79.9. The fraction of sp³-hybridized carbons (Fsp3) is 0.414. The fourth-order valence-electron chi connectivity index (χ4n) is 5.89. The molecular formula is C29H34BrN7O3S. The molecule has 216 valence electrons. The van der Waals surface area contributed by atoms with Crippen LogP contribution in [0.15, 0.2) is 64.1 Å². The van der Waals surface area contributed by atoms with Crippen LogP contribution in [0.2, 0.25) is 0 Å². The summed E-state index contributed by atoms with van der Waals surface area (Å²) in [5, 5.41) is 6.50. The Labute approximate surface area is 249 Å². The van der Waals surface area contributed by atoms with E-state index in [1.807, 2.05) is 18.2 Å². The normalized spacial score (nSPS) is 18.3. The number of hydrogen-bond donors (Lipinski definition) is 2. The highest BCUT2D eigenvalue weighted by Gasteiger charge is 2.33. The standard InChI is InChI=1S/C29H34BrN7O3S/c30-22-3-8-26-21(19-22)20-28(38)37(26)27-11-14-32-29(34-27)33-23-4-6-25(7-5-23)41(39,40)36(24-9-12-31-13-10-24)18-17-35-15-1-2-16-35/h3-8,11,14,19,24,31H,1-2,9-10,12-13,15-18,20H2,(H,32,33,34). The Morgan fingerprint density at radius 1 is 1.05 bits per heavy atom. The zero-order valence-electron chi connectivity index (χ0n) is 22.8. The molecule has 4 heterocycles. The molecule has 3 aliphatic heterocycles. The van der Waals surface area contributed by atoms with Crippen LogP contribution in [0.4, 0.5) is 23.1 Å². The molecule has 2 fully saturated rings. The quantitative estimate of drug-likeness (QED) is 0.361. The first-order valence-electron chi connectivity index (χ1n) is 14.1. The van der Waals surface area contributed by atoms with Crippen molar-refractivity contribution in [2.45, 2.75) is 43.0 Å². The van der Waals surface area contributed by atoms with E-state index in [2.05, 4.69) is 41.4 Å². The van der Waals surface area contributed by atoms with Gasteiger partial charge in [0, 0.05) is 41.6 Å². The van der Waals surface area contributed by atoms with Crippen molar-refractivity contribution in [3.05, 3.63) is 64.8 Å². The Kier molecular flexibility index (Phi) is 8.36. The summed E-state index contributed by atoms with van der Waals surface area (Å²) in [4.78, 5) is 25.9. The van der Waals surface area contributed by atoms with Crippen LogP contribution in [-0.2, 0) is 21.2 Å². The fourth-order valence-corrected chi connectivity index (χ4v) is 7.97. The molecule has 3 aromatic rings. The smallest absolute Gasteiger partial charge is 0.243 e. The van der Waals surface area contributed by atoms with Gasteiger partial charge < -0.3 is 15.5 Å². The van der Waals surface area contributed by atoms with Crippen molar-refractivity contribution >= 4 is 55.0 Å². The predicted molar refractivity (Wildman–Crippen MR) is 162 cm³/mol. The Morgan fingerprint density at radius 2 is 1.80 bits per heavy atom. The minimum atomic E-state index is -3.67. The second kappa shape index (κ2) is 12.1. The van der Waals surface area contributed by atoms with Crippen molar-refractivity contribution in [3.63, 3.8) is 0 Å². The lowest BCUT2D eigenvalue weighted by molar-refractivity contribution is -0.116. The summed E-state index contributed by atoms with van der Waals surface area (Å²) in [6.45, 7) is 5.00. The first-order chi connectivity index (χ1) is 19.9. The van der Waals surface area contributed by atoms with Crippen LogP contribution in [0, 0.1) is 0 Å². The molecule has 0 aliphatic carbocycles. The predicted octanol–water partition coefficient (Wildman–Crippen LogP) is 4.04. The number of benzene rings is 2. The highest BCUT2D eigenvalue weighted by molar-refractivity contribution is 9.10. The molecule has 0 unspecified atom stereocenters. The van der Waals surface area contributed by atoms with Crippen molar-refractivity contribution in [1.29, 1.82) is 0 Å². The molecule has 0 atom stereocenters. The summed E-state index contributed by atoms with van der Waals surface area (Å²) < 4.78 is 30.4. The summed E-state index contributed by atoms with van der Waals surface area (Å²) in [6, 6.07) is 14.2. The lowest BCUT2D eigenvalue weighted by Crippen LogP contribution is -2.48. The van der Waals surface area contributed by atoms with Gasteiger partial charge in [-0.25, -0.2) is 13.4 Å². The molecule has 0 radical (unpaired) electrons. The van der Waals surface area contributed by atoms with Gasteiger partial charge in [0.1, 0.15) is 5.82 Å². The number of anilines is 4. The summed E-state index contributed by atoms with van der Waals surface area (Å²) in [6.07, 6.45) is 5.90. The molecule has 41 heavy (non-hydrogen) atoms. The maximum absolute atomic E-state index is 13.9. The van der Waals surface area contributed by atoms with Crippen LogP contribution in [0.1, 0.15) is 31.2 Å². The zero-order chi connectivity index (χ0) is 28.4. The van der Waals surface area contributed by atoms with Gasteiger partial charge in [-0.1, -0.05) is 15.9 Å². The Balaban J connectivity index is 1.18. The monoisotopic (exact) mass is 639 g/mol. The second-order valence-electron chi connectivity index (χ2n) is 10.7. The van der Waals surface area contributed by atoms with Crippen LogP contribution in [0.5, 0.6) is 0 Å². The largest absolute Gasteiger partial charge is 0.324 e. The highest BCUT2D eigenvalue weighted by Crippen LogP contribution is 2.36. The van der Waals surface area contributed by atoms with Crippen LogP contribution in [0.25, 0.3) is 0 Å². The van der Waals surface area contributed by atoms with E-state index >= 15 is 0 Å². The van der Waals surface area contributed by atoms with Crippen LogP contribution >= 0.6 is 15.9 Å². The number of carbonyl (C=O) groups excluding carboxylic acids is 1. The van der Waals surface area contributed by atoms with Gasteiger partial charge in [0.25, 0.3) is 0 Å². The topological polar surface area (TPSA) is 111 Å². The Hall–Kier alpha value is -2.90. The number of sulfonamides is 1. The van der Waals surface area contributed by atoms with Gasteiger partial charge >= 0.3 is 0 Å². The molecule has 2 saturated heterocycles. The molecular weight excluding hydrogens is 606 g/mol. The SMILES string of the molecule is O=C1Cc2cc(Br)ccc2N1c1ccnc(Nc2ccc(S(=O)(=O)N(CCN3CCCC3)C3CCNCC3)cc2)n1. The number of rotatable bonds is 9. The van der Waals surface area contributed by atoms with E-state index in [-0.39, 0.29) is 16.8 Å². The number of likely N-dealkylation sites (tertiary alicyclic amines) is 1. The van der Waals surface area contributed by atoms with Crippen molar-refractivity contribution in [2.24, 2.45) is 0 Å². The van der Waals surface area contributed by atoms with Gasteiger partial charge in [-0.15, -0.1) is 0 Å². The number of aromatic nitrogens is 2. The molecule has 1 amide bonds. The van der Waals surface area contributed by atoms with E-state index in [4.69, 9.17) is 0 Å². The first-order valence-corrected chi connectivity index (χ1v) is 16.4. The third-order valence-corrected chi connectivity index (χ3v) is 10.5. The first kappa shape index (κ1) is 28.2. The molecule has 0 bridgehead atoms. The van der Waals surface area contributed by atoms with E-state index in [9.17, 15) is 13.2 Å². The number of halogens is 1. The maximum Gasteiger partial charge on any atom is 0.243 e. The van der Waals surface area contributed by atoms with E-state index < -0.39 is 10.0 Å². The van der Waals surface area contributed by atoms with Crippen LogP contribution in [-0.4, -0.2) is 78.8 Å². The van der Waals surface area contributed by atoms with E-state index in [0.29, 0.717) is 30.4 Å². The van der Waals surface area contributed by atoms with Gasteiger partial charge in [-0.2, -0.15) is 9.29 Å². The third-order valence-electron chi connectivity index (χ3n) is 8.01. The molecule has 0 spiro atoms. The molecule has 6 rings (SSSR count). The lowest BCUT2D eigenvalue weighted by atomic mass is 10.1. The molecule has 10 nitrogen and oxygen atoms in total. The van der Waals surface area contributed by atoms with Crippen molar-refractivity contribution in [2.75, 3.05) is 49.5 Å². The van der Waals surface area contributed by atoms with Gasteiger partial charge in [-0.3, -0.25) is 9.69 Å². The summed E-state index contributed by atoms with van der Waals surface area (Å²) in [5.41, 5.74) is 2.40. The average Bonchev–Trinajstić information content (AvgIpc) is 3.61. The van der Waals surface area contributed by atoms with Gasteiger partial charge in [0.05, 0.1) is 17.0 Å². The molecule has 12 heteroatoms. The van der Waals surface area contributed by atoms with E-state index in [0.717, 1.165) is 61.3 Å². The number of nitrogens with one attached hydrogen (secondary N) is 2. The number of amides is 1. The van der Waals surface area contributed by atoms with Crippen molar-refractivity contribution in [3.8, 4) is 0 Å². The van der Waals surface area contributed by atoms with Crippen molar-refractivity contribution < 1.29 is 13.2 Å². The van der Waals surface area contributed by atoms with Crippen molar-refractivity contribution in [1.82, 2.24) is 24.5 Å². The van der Waals surface area contributed by atoms with Gasteiger partial charge in [-0.05, 0) is 99.9 Å². The second-order valence-corrected chi connectivity index (χ2v) is 13.5. The summed E-state index contributed by atoms with van der Waals surface area (Å²) in [5.74, 6) is 0.738. The van der Waals surface area contributed by atoms with Crippen LogP contribution in [0.3, 0.4) is 0 Å². The van der Waals surface area contributed by atoms with Crippen LogP contribution < -0.4 is 15.5 Å². The van der Waals surface area contributed by atoms with Gasteiger partial charge in [0.15, 0.2) is 0 Å². The molecule has 3 aliphatic rings. The average molecular weight is 641 g/mol. The number of piperidine rings is 1. The van der Waals surface area contributed by atoms with E-state index in [1.165, 1.54) is 12.8 Å². The zero-order valence-corrected chi connectivity index (χ0v) is 25.2. The molecule has 2 N–H and O–H groups in total. The summed E-state index contributed by atoms with van der Waals surface area (Å²) >= 11 is 3.47. The number of carbonyl (C=O) groups is 1. The number of fused-ring (bicyclic) bond motifs is 1. The number of hydrogen-bond acceptors (Lipinski definition) is 8. The minimum absolute atomic E-state index is 0.00247. The Morgan fingerprint density at radius 3 is 2.56 bits per heavy atom. The molecule has 0 saturated carbocycles. The minimum Gasteiger partial charge on any atom is -0.324 e. The Bertz CT molecular complexity index is 1510. The third kappa shape index (κ3) is 6.17. The lowest BCUT2D eigenvalue weighted by Gasteiger charge is -2.34. The van der Waals surface area contributed by atoms with E-state index in [1.54, 1.807) is 45.7 Å². The number of nitrogens with zero attached hydrogens (tertiary/aromatic N) is 5.